The SMILES string of the molecule is CC(C)(C)OC(=O)N1C(C(C)(C)C)OCC1(C)C(=O)N1CCN(C(=O)Nc2ccn(-c3ccc(C=O)cc3)c(=O)n2)CC1. The third-order valence-electron chi connectivity index (χ3n) is 7.28. The largest absolute Gasteiger partial charge is 0.444 e. The predicted molar refractivity (Wildman–Crippen MR) is 158 cm³/mol. The van der Waals surface area contributed by atoms with Gasteiger partial charge in [-0.3, -0.25) is 24.4 Å². The lowest BCUT2D eigenvalue weighted by Gasteiger charge is -2.43. The highest BCUT2D eigenvalue weighted by molar-refractivity contribution is 5.91. The van der Waals surface area contributed by atoms with Gasteiger partial charge in [0.1, 0.15) is 29.5 Å². The third kappa shape index (κ3) is 6.87. The van der Waals surface area contributed by atoms with Crippen molar-refractivity contribution in [2.75, 3.05) is 38.1 Å². The van der Waals surface area contributed by atoms with Crippen molar-refractivity contribution < 1.29 is 28.7 Å². The molecule has 2 fully saturated rings. The maximum atomic E-state index is 13.9. The molecule has 0 spiro atoms. The molecule has 2 aliphatic heterocycles. The lowest BCUT2D eigenvalue weighted by Crippen LogP contribution is -2.64. The van der Waals surface area contributed by atoms with Crippen LogP contribution in [0.15, 0.2) is 41.3 Å². The highest BCUT2D eigenvalue weighted by atomic mass is 16.6. The molecule has 232 valence electrons. The van der Waals surface area contributed by atoms with Crippen LogP contribution in [-0.4, -0.2) is 98.7 Å². The molecule has 1 aromatic heterocycles. The number of aldehydes is 1. The summed E-state index contributed by atoms with van der Waals surface area (Å²) in [4.78, 5) is 72.2. The van der Waals surface area contributed by atoms with Crippen molar-refractivity contribution in [2.45, 2.75) is 65.8 Å². The standard InChI is InChI=1S/C30H40N6O7/c1-28(2,3)24-36(27(41)43-29(4,5)6)30(7,19-42-24)23(38)33-14-16-34(17-15-33)25(39)31-22-12-13-35(26(40)32-22)21-10-8-20(18-37)9-11-21/h8-13,18,24H,14-17,19H2,1-7H3,(H,31,32,39,40). The fourth-order valence-corrected chi connectivity index (χ4v) is 5.08. The molecule has 2 aromatic rings. The number of nitrogens with one attached hydrogen (secondary N) is 1. The van der Waals surface area contributed by atoms with Crippen LogP contribution >= 0.6 is 0 Å². The van der Waals surface area contributed by atoms with Crippen molar-refractivity contribution in [3.63, 3.8) is 0 Å². The van der Waals surface area contributed by atoms with Crippen LogP contribution in [0.2, 0.25) is 0 Å². The topological polar surface area (TPSA) is 143 Å². The van der Waals surface area contributed by atoms with Crippen molar-refractivity contribution in [2.24, 2.45) is 5.41 Å². The summed E-state index contributed by atoms with van der Waals surface area (Å²) >= 11 is 0. The molecule has 2 atom stereocenters. The van der Waals surface area contributed by atoms with E-state index in [1.165, 1.54) is 26.6 Å². The second-order valence-electron chi connectivity index (χ2n) is 13.0. The average molecular weight is 597 g/mol. The number of benzene rings is 1. The van der Waals surface area contributed by atoms with Crippen molar-refractivity contribution in [1.82, 2.24) is 24.3 Å². The van der Waals surface area contributed by atoms with Crippen LogP contribution in [0.3, 0.4) is 0 Å². The zero-order chi connectivity index (χ0) is 31.7. The van der Waals surface area contributed by atoms with Gasteiger partial charge in [-0.25, -0.2) is 14.4 Å². The fraction of sp³-hybridized carbons (Fsp3) is 0.533. The van der Waals surface area contributed by atoms with Gasteiger partial charge >= 0.3 is 17.8 Å². The number of carbonyl (C=O) groups is 4. The second-order valence-corrected chi connectivity index (χ2v) is 13.0. The van der Waals surface area contributed by atoms with Gasteiger partial charge in [0, 0.05) is 43.4 Å². The first-order valence-corrected chi connectivity index (χ1v) is 14.2. The minimum atomic E-state index is -1.29. The number of hydrogen-bond donors (Lipinski definition) is 1. The molecule has 43 heavy (non-hydrogen) atoms. The lowest BCUT2D eigenvalue weighted by atomic mass is 9.91. The van der Waals surface area contributed by atoms with Crippen LogP contribution in [0.25, 0.3) is 5.69 Å². The Morgan fingerprint density at radius 3 is 2.14 bits per heavy atom. The fourth-order valence-electron chi connectivity index (χ4n) is 5.08. The first-order valence-electron chi connectivity index (χ1n) is 14.2. The van der Waals surface area contributed by atoms with Crippen LogP contribution < -0.4 is 11.0 Å². The maximum absolute atomic E-state index is 13.9. The average Bonchev–Trinajstić information content (AvgIpc) is 3.31. The van der Waals surface area contributed by atoms with Crippen molar-refractivity contribution in [1.29, 1.82) is 0 Å². The number of hydrogen-bond acceptors (Lipinski definition) is 8. The Bertz CT molecular complexity index is 1430. The molecule has 0 aliphatic carbocycles. The van der Waals surface area contributed by atoms with E-state index in [2.05, 4.69) is 10.3 Å². The van der Waals surface area contributed by atoms with Crippen LogP contribution in [0.4, 0.5) is 15.4 Å². The van der Waals surface area contributed by atoms with E-state index in [0.29, 0.717) is 17.5 Å². The van der Waals surface area contributed by atoms with Crippen LogP contribution in [0.5, 0.6) is 0 Å². The Labute approximate surface area is 250 Å². The van der Waals surface area contributed by atoms with Crippen LogP contribution in [0, 0.1) is 5.41 Å². The van der Waals surface area contributed by atoms with E-state index in [1.807, 2.05) is 20.8 Å². The quantitative estimate of drug-likeness (QED) is 0.531. The minimum absolute atomic E-state index is 0.0200. The highest BCUT2D eigenvalue weighted by Gasteiger charge is 2.57. The molecular weight excluding hydrogens is 556 g/mol. The van der Waals surface area contributed by atoms with Gasteiger partial charge in [0.05, 0.1) is 12.3 Å². The number of amides is 4. The Morgan fingerprint density at radius 1 is 1.00 bits per heavy atom. The van der Waals surface area contributed by atoms with Gasteiger partial charge < -0.3 is 19.3 Å². The van der Waals surface area contributed by atoms with Gasteiger partial charge in [0.15, 0.2) is 0 Å². The third-order valence-corrected chi connectivity index (χ3v) is 7.28. The molecule has 13 heteroatoms. The highest BCUT2D eigenvalue weighted by Crippen LogP contribution is 2.39. The smallest absolute Gasteiger partial charge is 0.413 e. The summed E-state index contributed by atoms with van der Waals surface area (Å²) in [5, 5.41) is 2.65. The summed E-state index contributed by atoms with van der Waals surface area (Å²) in [6, 6.07) is 7.48. The normalized spacial score (nSPS) is 21.0. The number of carbonyl (C=O) groups excluding carboxylic acids is 4. The molecule has 0 saturated carbocycles. The first kappa shape index (κ1) is 31.7. The lowest BCUT2D eigenvalue weighted by molar-refractivity contribution is -0.144. The van der Waals surface area contributed by atoms with E-state index in [9.17, 15) is 24.0 Å². The summed E-state index contributed by atoms with van der Waals surface area (Å²) in [7, 11) is 0. The summed E-state index contributed by atoms with van der Waals surface area (Å²) in [5.41, 5.74) is -2.10. The number of piperazine rings is 1. The molecule has 2 saturated heterocycles. The molecule has 2 aliphatic rings. The monoisotopic (exact) mass is 596 g/mol. The summed E-state index contributed by atoms with van der Waals surface area (Å²) < 4.78 is 13.0. The Balaban J connectivity index is 1.40. The van der Waals surface area contributed by atoms with E-state index < -0.39 is 40.6 Å². The van der Waals surface area contributed by atoms with Crippen molar-refractivity contribution in [3.05, 3.63) is 52.6 Å². The van der Waals surface area contributed by atoms with E-state index >= 15 is 0 Å². The number of rotatable bonds is 4. The van der Waals surface area contributed by atoms with Gasteiger partial charge in [0.25, 0.3) is 5.91 Å². The minimum Gasteiger partial charge on any atom is -0.444 e. The number of ether oxygens (including phenoxy) is 2. The van der Waals surface area contributed by atoms with Crippen molar-refractivity contribution in [3.8, 4) is 5.69 Å². The molecule has 1 aromatic carbocycles. The molecule has 13 nitrogen and oxygen atoms in total. The summed E-state index contributed by atoms with van der Waals surface area (Å²) in [6.45, 7) is 13.8. The van der Waals surface area contributed by atoms with Crippen LogP contribution in [0.1, 0.15) is 58.8 Å². The Kier molecular flexibility index (Phi) is 8.68. The summed E-state index contributed by atoms with van der Waals surface area (Å²) in [5.74, 6) is -0.192. The molecular formula is C30H40N6O7. The Morgan fingerprint density at radius 2 is 1.60 bits per heavy atom. The van der Waals surface area contributed by atoms with Crippen molar-refractivity contribution >= 4 is 30.1 Å². The van der Waals surface area contributed by atoms with Gasteiger partial charge in [-0.15, -0.1) is 0 Å². The van der Waals surface area contributed by atoms with E-state index in [1.54, 1.807) is 56.9 Å². The number of anilines is 1. The number of nitrogens with zero attached hydrogens (tertiary/aromatic N) is 5. The molecule has 2 unspecified atom stereocenters. The molecule has 4 rings (SSSR count). The zero-order valence-electron chi connectivity index (χ0n) is 25.7. The predicted octanol–water partition coefficient (Wildman–Crippen LogP) is 3.12. The molecule has 0 bridgehead atoms. The van der Waals surface area contributed by atoms with Gasteiger partial charge in [0.2, 0.25) is 0 Å². The zero-order valence-corrected chi connectivity index (χ0v) is 25.7. The molecule has 0 radical (unpaired) electrons. The molecule has 4 amide bonds. The van der Waals surface area contributed by atoms with E-state index in [0.717, 1.165) is 0 Å². The second kappa shape index (κ2) is 11.8. The van der Waals surface area contributed by atoms with Crippen LogP contribution in [-0.2, 0) is 14.3 Å². The molecule has 1 N–H and O–H groups in total. The Hall–Kier alpha value is -4.26. The van der Waals surface area contributed by atoms with Gasteiger partial charge in [-0.2, -0.15) is 4.98 Å². The first-order chi connectivity index (χ1) is 20.0. The van der Waals surface area contributed by atoms with E-state index in [4.69, 9.17) is 9.47 Å². The van der Waals surface area contributed by atoms with Gasteiger partial charge in [-0.05, 0) is 58.0 Å². The molecule has 3 heterocycles. The van der Waals surface area contributed by atoms with Gasteiger partial charge in [-0.1, -0.05) is 20.8 Å². The number of urea groups is 1. The number of aromatic nitrogens is 2. The summed E-state index contributed by atoms with van der Waals surface area (Å²) in [6.07, 6.45) is 0.917. The van der Waals surface area contributed by atoms with E-state index in [-0.39, 0.29) is 44.5 Å². The maximum Gasteiger partial charge on any atom is 0.413 e.